The Bertz CT molecular complexity index is 756. The number of ether oxygens (including phenoxy) is 2. The van der Waals surface area contributed by atoms with Gasteiger partial charge in [-0.2, -0.15) is 0 Å². The maximum Gasteiger partial charge on any atom is 0.308 e. The lowest BCUT2D eigenvalue weighted by Crippen LogP contribution is -2.43. The molecule has 0 N–H and O–H groups in total. The van der Waals surface area contributed by atoms with Gasteiger partial charge in [0.1, 0.15) is 13.2 Å². The van der Waals surface area contributed by atoms with Crippen LogP contribution in [-0.2, 0) is 23.9 Å². The predicted octanol–water partition coefficient (Wildman–Crippen LogP) is 11.2. The van der Waals surface area contributed by atoms with Gasteiger partial charge in [0.15, 0.2) is 0 Å². The normalized spacial score (nSPS) is 13.3. The van der Waals surface area contributed by atoms with Gasteiger partial charge in [-0.25, -0.2) is 0 Å². The summed E-state index contributed by atoms with van der Waals surface area (Å²) in [6.45, 7) is 15.4. The highest BCUT2D eigenvalue weighted by atomic mass is 16.5. The number of rotatable bonds is 36. The molecule has 0 radical (unpaired) electrons. The number of carbonyl (C=O) groups is 3. The molecule has 0 aliphatic rings. The zero-order valence-electron chi connectivity index (χ0n) is 34.4. The molecule has 0 aromatic heterocycles. The molecule has 0 heterocycles. The summed E-state index contributed by atoms with van der Waals surface area (Å²) in [6.07, 6.45) is 27.2. The average molecular weight is 709 g/mol. The second kappa shape index (κ2) is 34.5. The van der Waals surface area contributed by atoms with E-state index >= 15 is 0 Å². The first-order valence-corrected chi connectivity index (χ1v) is 21.6. The Morgan fingerprint density at radius 1 is 0.500 bits per heavy atom. The van der Waals surface area contributed by atoms with Crippen LogP contribution in [0.1, 0.15) is 196 Å². The van der Waals surface area contributed by atoms with Crippen molar-refractivity contribution in [2.75, 3.05) is 46.4 Å². The van der Waals surface area contributed by atoms with Crippen LogP contribution in [0.25, 0.3) is 0 Å². The number of carbonyl (C=O) groups excluding carboxylic acids is 3. The molecule has 0 aromatic rings. The topological polar surface area (TPSA) is 76.1 Å². The molecule has 0 fully saturated rings. The van der Waals surface area contributed by atoms with Crippen molar-refractivity contribution in [1.82, 2.24) is 9.80 Å². The monoisotopic (exact) mass is 709 g/mol. The van der Waals surface area contributed by atoms with Gasteiger partial charge in [0.2, 0.25) is 5.91 Å². The van der Waals surface area contributed by atoms with Gasteiger partial charge in [-0.3, -0.25) is 14.4 Å². The Hall–Kier alpha value is -1.63. The molecule has 3 unspecified atom stereocenters. The molecule has 296 valence electrons. The van der Waals surface area contributed by atoms with Gasteiger partial charge in [0.05, 0.1) is 24.9 Å². The third kappa shape index (κ3) is 26.2. The molecule has 0 saturated heterocycles. The smallest absolute Gasteiger partial charge is 0.308 e. The van der Waals surface area contributed by atoms with Gasteiger partial charge < -0.3 is 19.3 Å². The van der Waals surface area contributed by atoms with Crippen molar-refractivity contribution in [2.24, 2.45) is 17.8 Å². The van der Waals surface area contributed by atoms with Crippen LogP contribution < -0.4 is 0 Å². The van der Waals surface area contributed by atoms with Gasteiger partial charge in [0, 0.05) is 12.5 Å². The molecule has 0 rings (SSSR count). The maximum atomic E-state index is 13.6. The van der Waals surface area contributed by atoms with E-state index in [4.69, 9.17) is 9.47 Å². The summed E-state index contributed by atoms with van der Waals surface area (Å²) < 4.78 is 11.8. The third-order valence-electron chi connectivity index (χ3n) is 10.4. The molecular weight excluding hydrogens is 624 g/mol. The minimum Gasteiger partial charge on any atom is -0.464 e. The lowest BCUT2D eigenvalue weighted by molar-refractivity contribution is -0.153. The molecule has 0 bridgehead atoms. The van der Waals surface area contributed by atoms with E-state index < -0.39 is 0 Å². The van der Waals surface area contributed by atoms with E-state index in [0.717, 1.165) is 70.8 Å². The first-order chi connectivity index (χ1) is 24.2. The van der Waals surface area contributed by atoms with Gasteiger partial charge in [0.25, 0.3) is 0 Å². The summed E-state index contributed by atoms with van der Waals surface area (Å²) in [5.74, 6) is -0.558. The lowest BCUT2D eigenvalue weighted by atomic mass is 9.94. The Kier molecular flexibility index (Phi) is 33.3. The number of esters is 2. The van der Waals surface area contributed by atoms with Crippen LogP contribution in [0.5, 0.6) is 0 Å². The van der Waals surface area contributed by atoms with Crippen molar-refractivity contribution in [1.29, 1.82) is 0 Å². The molecule has 3 atom stereocenters. The van der Waals surface area contributed by atoms with Crippen LogP contribution in [-0.4, -0.2) is 74.1 Å². The van der Waals surface area contributed by atoms with E-state index in [1.54, 1.807) is 4.90 Å². The van der Waals surface area contributed by atoms with E-state index in [1.807, 2.05) is 14.0 Å². The summed E-state index contributed by atoms with van der Waals surface area (Å²) in [4.78, 5) is 44.1. The Morgan fingerprint density at radius 2 is 0.820 bits per heavy atom. The minimum absolute atomic E-state index is 0.0174. The van der Waals surface area contributed by atoms with Crippen LogP contribution in [0.15, 0.2) is 0 Å². The lowest BCUT2D eigenvalue weighted by Gasteiger charge is -2.28. The van der Waals surface area contributed by atoms with Crippen LogP contribution in [0.2, 0.25) is 0 Å². The van der Waals surface area contributed by atoms with Crippen LogP contribution in [0.3, 0.4) is 0 Å². The van der Waals surface area contributed by atoms with Crippen molar-refractivity contribution in [2.45, 2.75) is 196 Å². The highest BCUT2D eigenvalue weighted by Crippen LogP contribution is 2.22. The summed E-state index contributed by atoms with van der Waals surface area (Å²) in [5, 5.41) is 0. The fourth-order valence-corrected chi connectivity index (χ4v) is 6.80. The second-order valence-corrected chi connectivity index (χ2v) is 15.1. The Balaban J connectivity index is 5.31. The maximum absolute atomic E-state index is 13.6. The molecule has 50 heavy (non-hydrogen) atoms. The Labute approximate surface area is 310 Å². The zero-order valence-corrected chi connectivity index (χ0v) is 34.4. The van der Waals surface area contributed by atoms with Gasteiger partial charge in [-0.05, 0) is 39.3 Å². The molecule has 7 heteroatoms. The van der Waals surface area contributed by atoms with Gasteiger partial charge in [-0.1, -0.05) is 170 Å². The van der Waals surface area contributed by atoms with Crippen molar-refractivity contribution in [3.05, 3.63) is 0 Å². The number of amides is 1. The summed E-state index contributed by atoms with van der Waals surface area (Å²) in [6, 6.07) is 0. The molecule has 0 saturated carbocycles. The quantitative estimate of drug-likeness (QED) is 0.0476. The molecule has 0 aliphatic heterocycles. The van der Waals surface area contributed by atoms with E-state index in [1.165, 1.54) is 89.9 Å². The second-order valence-electron chi connectivity index (χ2n) is 15.1. The first-order valence-electron chi connectivity index (χ1n) is 21.6. The minimum atomic E-state index is -0.204. The standard InChI is InChI=1S/C43H84N2O5/c1-8-13-17-21-23-27-31-39(29-25-19-15-10-3)42(47)49-35-33-45(41(46)38(6)37-44(7)12-5)34-36-50-43(48)40(30-26-20-16-11-4)32-28-24-22-18-14-9-2/h38-40H,8-37H2,1-7H3. The largest absolute Gasteiger partial charge is 0.464 e. The van der Waals surface area contributed by atoms with Crippen LogP contribution >= 0.6 is 0 Å². The SMILES string of the molecule is CCCCCCCCC(CCCCCC)C(=O)OCCN(CCOC(=O)C(CCCCCC)CCCCCCCC)C(=O)C(C)CN(C)CC. The Morgan fingerprint density at radius 3 is 1.16 bits per heavy atom. The van der Waals surface area contributed by atoms with E-state index in [0.29, 0.717) is 19.6 Å². The summed E-state index contributed by atoms with van der Waals surface area (Å²) >= 11 is 0. The van der Waals surface area contributed by atoms with E-state index in [9.17, 15) is 14.4 Å². The number of nitrogens with zero attached hydrogens (tertiary/aromatic N) is 2. The van der Waals surface area contributed by atoms with Crippen molar-refractivity contribution in [3.63, 3.8) is 0 Å². The predicted molar refractivity (Wildman–Crippen MR) is 211 cm³/mol. The number of hydrogen-bond donors (Lipinski definition) is 0. The van der Waals surface area contributed by atoms with Crippen LogP contribution in [0, 0.1) is 17.8 Å². The van der Waals surface area contributed by atoms with E-state index in [-0.39, 0.29) is 48.8 Å². The van der Waals surface area contributed by atoms with Crippen molar-refractivity contribution < 1.29 is 23.9 Å². The van der Waals surface area contributed by atoms with E-state index in [2.05, 4.69) is 39.5 Å². The molecule has 0 spiro atoms. The average Bonchev–Trinajstić information content (AvgIpc) is 3.11. The molecule has 0 aromatic carbocycles. The molecule has 0 aliphatic carbocycles. The fourth-order valence-electron chi connectivity index (χ4n) is 6.80. The summed E-state index contributed by atoms with van der Waals surface area (Å²) in [7, 11) is 2.02. The highest BCUT2D eigenvalue weighted by molar-refractivity contribution is 5.79. The zero-order chi connectivity index (χ0) is 37.2. The molecule has 7 nitrogen and oxygen atoms in total. The van der Waals surface area contributed by atoms with Crippen LogP contribution in [0.4, 0.5) is 0 Å². The first kappa shape index (κ1) is 48.4. The fraction of sp³-hybridized carbons (Fsp3) is 0.930. The van der Waals surface area contributed by atoms with Gasteiger partial charge >= 0.3 is 11.9 Å². The van der Waals surface area contributed by atoms with Crippen molar-refractivity contribution in [3.8, 4) is 0 Å². The highest BCUT2D eigenvalue weighted by Gasteiger charge is 2.25. The van der Waals surface area contributed by atoms with Gasteiger partial charge in [-0.15, -0.1) is 0 Å². The molecular formula is C43H84N2O5. The number of unbranched alkanes of at least 4 members (excludes halogenated alkanes) is 16. The summed E-state index contributed by atoms with van der Waals surface area (Å²) in [5.41, 5.74) is 0. The third-order valence-corrected chi connectivity index (χ3v) is 10.4. The number of hydrogen-bond acceptors (Lipinski definition) is 6. The molecule has 1 amide bonds. The van der Waals surface area contributed by atoms with Crippen molar-refractivity contribution >= 4 is 17.8 Å².